The van der Waals surface area contributed by atoms with Gasteiger partial charge in [0.2, 0.25) is 5.75 Å². The summed E-state index contributed by atoms with van der Waals surface area (Å²) < 4.78 is 1.24. The van der Waals surface area contributed by atoms with E-state index in [1.807, 2.05) is 6.07 Å². The quantitative estimate of drug-likeness (QED) is 0.372. The molecule has 154 valence electrons. The molecule has 30 heavy (non-hydrogen) atoms. The molecule has 0 amide bonds. The van der Waals surface area contributed by atoms with Crippen molar-refractivity contribution in [2.45, 2.75) is 38.0 Å². The minimum Gasteiger partial charge on any atom is -0.502 e. The Morgan fingerprint density at radius 2 is 1.97 bits per heavy atom. The second-order valence-electron chi connectivity index (χ2n) is 7.30. The molecule has 1 aliphatic carbocycles. The van der Waals surface area contributed by atoms with Crippen LogP contribution in [0, 0.1) is 10.1 Å². The highest BCUT2D eigenvalue weighted by Gasteiger charge is 2.23. The Labute approximate surface area is 176 Å². The fourth-order valence-electron chi connectivity index (χ4n) is 3.84. The van der Waals surface area contributed by atoms with Crippen LogP contribution in [-0.4, -0.2) is 25.9 Å². The molecule has 0 radical (unpaired) electrons. The molecule has 0 unspecified atom stereocenters. The molecule has 0 saturated heterocycles. The predicted octanol–water partition coefficient (Wildman–Crippen LogP) is 4.59. The van der Waals surface area contributed by atoms with E-state index in [1.165, 1.54) is 17.0 Å². The van der Waals surface area contributed by atoms with Gasteiger partial charge in [-0.2, -0.15) is 9.78 Å². The zero-order valence-electron chi connectivity index (χ0n) is 16.0. The smallest absolute Gasteiger partial charge is 0.312 e. The fourth-order valence-corrected chi connectivity index (χ4v) is 4.06. The van der Waals surface area contributed by atoms with Gasteiger partial charge in [0, 0.05) is 22.6 Å². The number of phenolic OH excluding ortho intramolecular Hbond substituents is 1. The molecule has 1 fully saturated rings. The molecule has 1 aromatic heterocycles. The average Bonchev–Trinajstić information content (AvgIpc) is 2.75. The van der Waals surface area contributed by atoms with E-state index in [4.69, 9.17) is 16.6 Å². The molecule has 1 heterocycles. The Kier molecular flexibility index (Phi) is 5.50. The minimum absolute atomic E-state index is 0.0452. The summed E-state index contributed by atoms with van der Waals surface area (Å²) in [5, 5.41) is 26.2. The Hall–Kier alpha value is -3.26. The minimum atomic E-state index is -0.726. The maximum absolute atomic E-state index is 13.2. The van der Waals surface area contributed by atoms with Crippen LogP contribution in [0.15, 0.2) is 46.3 Å². The van der Waals surface area contributed by atoms with Gasteiger partial charge in [0.1, 0.15) is 5.82 Å². The summed E-state index contributed by atoms with van der Waals surface area (Å²) in [6, 6.07) is 9.48. The van der Waals surface area contributed by atoms with Gasteiger partial charge in [-0.3, -0.25) is 14.9 Å². The van der Waals surface area contributed by atoms with E-state index < -0.39 is 16.4 Å². The lowest BCUT2D eigenvalue weighted by Gasteiger charge is -2.22. The third kappa shape index (κ3) is 3.78. The molecule has 4 rings (SSSR count). The van der Waals surface area contributed by atoms with Gasteiger partial charge in [-0.05, 0) is 31.0 Å². The van der Waals surface area contributed by atoms with Gasteiger partial charge < -0.3 is 5.11 Å². The van der Waals surface area contributed by atoms with E-state index in [-0.39, 0.29) is 22.1 Å². The standard InChI is InChI=1S/C21H19ClN4O4/c22-15-10-14(19(27)18(11-15)26(29)30)12-23-25-20(13-6-2-1-3-7-13)24-17-9-5-4-8-16(17)21(25)28/h4-5,8-13,27H,1-3,6-7H2. The topological polar surface area (TPSA) is 111 Å². The van der Waals surface area contributed by atoms with Crippen LogP contribution in [-0.2, 0) is 0 Å². The number of hydrogen-bond acceptors (Lipinski definition) is 6. The number of aromatic hydroxyl groups is 1. The molecule has 0 bridgehead atoms. The number of nitro benzene ring substituents is 1. The largest absolute Gasteiger partial charge is 0.502 e. The number of hydrogen-bond donors (Lipinski definition) is 1. The molecule has 1 N–H and O–H groups in total. The summed E-state index contributed by atoms with van der Waals surface area (Å²) in [7, 11) is 0. The molecular formula is C21H19ClN4O4. The van der Waals surface area contributed by atoms with Crippen molar-refractivity contribution >= 4 is 34.4 Å². The van der Waals surface area contributed by atoms with Gasteiger partial charge in [0.25, 0.3) is 5.56 Å². The number of benzene rings is 2. The third-order valence-corrected chi connectivity index (χ3v) is 5.56. The molecule has 9 heteroatoms. The summed E-state index contributed by atoms with van der Waals surface area (Å²) in [4.78, 5) is 28.3. The van der Waals surface area contributed by atoms with E-state index in [0.29, 0.717) is 16.7 Å². The number of aromatic nitrogens is 2. The number of phenols is 1. The van der Waals surface area contributed by atoms with Crippen LogP contribution in [0.3, 0.4) is 0 Å². The van der Waals surface area contributed by atoms with E-state index in [0.717, 1.165) is 38.2 Å². The van der Waals surface area contributed by atoms with Gasteiger partial charge in [-0.1, -0.05) is 43.0 Å². The molecule has 0 aliphatic heterocycles. The monoisotopic (exact) mass is 426 g/mol. The van der Waals surface area contributed by atoms with Crippen molar-refractivity contribution in [3.8, 4) is 5.75 Å². The van der Waals surface area contributed by atoms with Crippen LogP contribution in [0.25, 0.3) is 10.9 Å². The molecule has 3 aromatic rings. The van der Waals surface area contributed by atoms with E-state index >= 15 is 0 Å². The van der Waals surface area contributed by atoms with Crippen molar-refractivity contribution in [2.75, 3.05) is 0 Å². The van der Waals surface area contributed by atoms with Crippen LogP contribution in [0.2, 0.25) is 5.02 Å². The fraction of sp³-hybridized carbons (Fsp3) is 0.286. The van der Waals surface area contributed by atoms with Crippen molar-refractivity contribution in [1.82, 2.24) is 9.66 Å². The lowest BCUT2D eigenvalue weighted by atomic mass is 9.88. The predicted molar refractivity (Wildman–Crippen MR) is 115 cm³/mol. The first kappa shape index (κ1) is 20.0. The highest BCUT2D eigenvalue weighted by atomic mass is 35.5. The maximum Gasteiger partial charge on any atom is 0.312 e. The Bertz CT molecular complexity index is 1220. The first-order valence-electron chi connectivity index (χ1n) is 9.68. The summed E-state index contributed by atoms with van der Waals surface area (Å²) >= 11 is 5.95. The van der Waals surface area contributed by atoms with Gasteiger partial charge in [0.05, 0.1) is 22.0 Å². The highest BCUT2D eigenvalue weighted by Crippen LogP contribution is 2.33. The number of nitro groups is 1. The number of fused-ring (bicyclic) bond motifs is 1. The molecule has 8 nitrogen and oxygen atoms in total. The Morgan fingerprint density at radius 3 is 2.70 bits per heavy atom. The number of para-hydroxylation sites is 1. The summed E-state index contributed by atoms with van der Waals surface area (Å²) in [5.41, 5.74) is -0.200. The molecular weight excluding hydrogens is 408 g/mol. The molecule has 0 spiro atoms. The van der Waals surface area contributed by atoms with Crippen molar-refractivity contribution in [2.24, 2.45) is 5.10 Å². The van der Waals surface area contributed by atoms with Gasteiger partial charge in [-0.25, -0.2) is 4.98 Å². The lowest BCUT2D eigenvalue weighted by molar-refractivity contribution is -0.385. The summed E-state index contributed by atoms with van der Waals surface area (Å²) in [6.07, 6.45) is 6.29. The first-order chi connectivity index (χ1) is 14.5. The van der Waals surface area contributed by atoms with Crippen molar-refractivity contribution in [3.63, 3.8) is 0 Å². The van der Waals surface area contributed by atoms with Crippen LogP contribution < -0.4 is 5.56 Å². The number of halogens is 1. The third-order valence-electron chi connectivity index (χ3n) is 5.34. The Balaban J connectivity index is 1.87. The van der Waals surface area contributed by atoms with Gasteiger partial charge in [0.15, 0.2) is 0 Å². The van der Waals surface area contributed by atoms with E-state index in [1.54, 1.807) is 18.2 Å². The molecule has 2 aromatic carbocycles. The van der Waals surface area contributed by atoms with Crippen LogP contribution in [0.5, 0.6) is 5.75 Å². The second-order valence-corrected chi connectivity index (χ2v) is 7.74. The van der Waals surface area contributed by atoms with Crippen LogP contribution in [0.4, 0.5) is 5.69 Å². The average molecular weight is 427 g/mol. The number of rotatable bonds is 4. The summed E-state index contributed by atoms with van der Waals surface area (Å²) in [6.45, 7) is 0. The van der Waals surface area contributed by atoms with Crippen LogP contribution in [0.1, 0.15) is 49.4 Å². The van der Waals surface area contributed by atoms with E-state index in [2.05, 4.69) is 5.10 Å². The summed E-state index contributed by atoms with van der Waals surface area (Å²) in [5.74, 6) is 0.0929. The van der Waals surface area contributed by atoms with Gasteiger partial charge >= 0.3 is 5.69 Å². The molecule has 1 aliphatic rings. The highest BCUT2D eigenvalue weighted by molar-refractivity contribution is 6.31. The lowest BCUT2D eigenvalue weighted by Crippen LogP contribution is -2.25. The SMILES string of the molecule is O=c1c2ccccc2nc(C2CCCCC2)n1N=Cc1cc(Cl)cc([N+](=O)[O-])c1O. The van der Waals surface area contributed by atoms with Crippen molar-refractivity contribution in [3.05, 3.63) is 73.3 Å². The van der Waals surface area contributed by atoms with Crippen LogP contribution >= 0.6 is 11.6 Å². The number of nitrogens with zero attached hydrogens (tertiary/aromatic N) is 4. The van der Waals surface area contributed by atoms with Crippen molar-refractivity contribution in [1.29, 1.82) is 0 Å². The van der Waals surface area contributed by atoms with E-state index in [9.17, 15) is 20.0 Å². The zero-order chi connectivity index (χ0) is 21.3. The van der Waals surface area contributed by atoms with Crippen molar-refractivity contribution < 1.29 is 10.0 Å². The molecule has 0 atom stereocenters. The normalized spacial score (nSPS) is 15.1. The molecule has 1 saturated carbocycles. The zero-order valence-corrected chi connectivity index (χ0v) is 16.7. The van der Waals surface area contributed by atoms with Gasteiger partial charge in [-0.15, -0.1) is 0 Å². The first-order valence-corrected chi connectivity index (χ1v) is 10.1. The Morgan fingerprint density at radius 1 is 1.23 bits per heavy atom. The second kappa shape index (κ2) is 8.23. The maximum atomic E-state index is 13.2.